The summed E-state index contributed by atoms with van der Waals surface area (Å²) in [6.45, 7) is 6.70. The summed E-state index contributed by atoms with van der Waals surface area (Å²) in [4.78, 5) is 11.7. The van der Waals surface area contributed by atoms with Crippen molar-refractivity contribution < 1.29 is 4.79 Å². The van der Waals surface area contributed by atoms with E-state index in [1.54, 1.807) is 0 Å². The summed E-state index contributed by atoms with van der Waals surface area (Å²) < 4.78 is 0. The molecule has 0 aliphatic carbocycles. The molecule has 0 radical (unpaired) electrons. The fourth-order valence-electron chi connectivity index (χ4n) is 1.75. The van der Waals surface area contributed by atoms with Gasteiger partial charge in [-0.15, -0.1) is 0 Å². The van der Waals surface area contributed by atoms with Gasteiger partial charge in [0, 0.05) is 12.2 Å². The Balaban J connectivity index is 2.22. The highest BCUT2D eigenvalue weighted by Gasteiger charge is 2.18. The quantitative estimate of drug-likeness (QED) is 0.636. The lowest BCUT2D eigenvalue weighted by atomic mass is 9.99. The zero-order valence-corrected chi connectivity index (χ0v) is 11.5. The standard InChI is InChI=1S/C13H24N4O/c1-4-9(2)12(14)13(18)15-7-5-6-11-8-16-17-10(11)3/h8-9,12H,4-7,14H2,1-3H3,(H,15,18)(H,16,17)/t9?,12-/m0/s1. The molecule has 1 rings (SSSR count). The third kappa shape index (κ3) is 4.14. The van der Waals surface area contributed by atoms with Crippen molar-refractivity contribution in [3.05, 3.63) is 17.5 Å². The molecule has 1 unspecified atom stereocenters. The maximum Gasteiger partial charge on any atom is 0.237 e. The minimum atomic E-state index is -0.398. The van der Waals surface area contributed by atoms with E-state index < -0.39 is 6.04 Å². The predicted octanol–water partition coefficient (Wildman–Crippen LogP) is 1.14. The molecule has 0 spiro atoms. The van der Waals surface area contributed by atoms with Crippen molar-refractivity contribution in [3.63, 3.8) is 0 Å². The molecule has 18 heavy (non-hydrogen) atoms. The Bertz CT molecular complexity index is 375. The van der Waals surface area contributed by atoms with Crippen LogP contribution in [0.3, 0.4) is 0 Å². The predicted molar refractivity (Wildman–Crippen MR) is 72.1 cm³/mol. The molecule has 1 aromatic rings. The molecule has 0 aromatic carbocycles. The second-order valence-electron chi connectivity index (χ2n) is 4.83. The van der Waals surface area contributed by atoms with Crippen LogP contribution in [0.15, 0.2) is 6.20 Å². The van der Waals surface area contributed by atoms with Gasteiger partial charge in [0.15, 0.2) is 0 Å². The van der Waals surface area contributed by atoms with Gasteiger partial charge in [0.2, 0.25) is 5.91 Å². The third-order valence-corrected chi connectivity index (χ3v) is 3.42. The SMILES string of the molecule is CCC(C)[C@H](N)C(=O)NCCCc1cn[nH]c1C. The first kappa shape index (κ1) is 14.7. The second-order valence-corrected chi connectivity index (χ2v) is 4.83. The summed E-state index contributed by atoms with van der Waals surface area (Å²) in [5.74, 6) is 0.175. The topological polar surface area (TPSA) is 83.8 Å². The van der Waals surface area contributed by atoms with E-state index >= 15 is 0 Å². The van der Waals surface area contributed by atoms with E-state index in [1.165, 1.54) is 5.56 Å². The number of rotatable bonds is 7. The smallest absolute Gasteiger partial charge is 0.237 e. The molecule has 0 aliphatic rings. The van der Waals surface area contributed by atoms with E-state index in [0.29, 0.717) is 6.54 Å². The monoisotopic (exact) mass is 252 g/mol. The first-order valence-corrected chi connectivity index (χ1v) is 6.58. The number of aromatic nitrogens is 2. The van der Waals surface area contributed by atoms with Crippen LogP contribution < -0.4 is 11.1 Å². The van der Waals surface area contributed by atoms with E-state index in [1.807, 2.05) is 27.0 Å². The Morgan fingerprint density at radius 3 is 2.89 bits per heavy atom. The van der Waals surface area contributed by atoms with Crippen molar-refractivity contribution >= 4 is 5.91 Å². The minimum absolute atomic E-state index is 0.0479. The van der Waals surface area contributed by atoms with E-state index in [9.17, 15) is 4.79 Å². The van der Waals surface area contributed by atoms with Gasteiger partial charge in [-0.25, -0.2) is 0 Å². The molecular weight excluding hydrogens is 228 g/mol. The molecule has 0 aliphatic heterocycles. The number of hydrogen-bond acceptors (Lipinski definition) is 3. The van der Waals surface area contributed by atoms with Crippen molar-refractivity contribution in [1.29, 1.82) is 0 Å². The number of amides is 1. The Hall–Kier alpha value is -1.36. The Morgan fingerprint density at radius 2 is 2.33 bits per heavy atom. The maximum atomic E-state index is 11.7. The zero-order chi connectivity index (χ0) is 13.5. The van der Waals surface area contributed by atoms with E-state index in [2.05, 4.69) is 15.5 Å². The van der Waals surface area contributed by atoms with E-state index in [0.717, 1.165) is 25.0 Å². The second kappa shape index (κ2) is 7.16. The fraction of sp³-hybridized carbons (Fsp3) is 0.692. The number of aromatic amines is 1. The molecular formula is C13H24N4O. The molecule has 1 aromatic heterocycles. The summed E-state index contributed by atoms with van der Waals surface area (Å²) in [5.41, 5.74) is 8.14. The van der Waals surface area contributed by atoms with E-state index in [4.69, 9.17) is 5.73 Å². The van der Waals surface area contributed by atoms with Crippen LogP contribution in [0.1, 0.15) is 37.9 Å². The number of aryl methyl sites for hydroxylation is 2. The summed E-state index contributed by atoms with van der Waals surface area (Å²) in [6.07, 6.45) is 4.57. The summed E-state index contributed by atoms with van der Waals surface area (Å²) in [7, 11) is 0. The van der Waals surface area contributed by atoms with Crippen LogP contribution in [-0.2, 0) is 11.2 Å². The van der Waals surface area contributed by atoms with Gasteiger partial charge in [0.1, 0.15) is 0 Å². The Morgan fingerprint density at radius 1 is 1.61 bits per heavy atom. The lowest BCUT2D eigenvalue weighted by Gasteiger charge is -2.17. The first-order chi connectivity index (χ1) is 8.56. The number of nitrogens with two attached hydrogens (primary N) is 1. The van der Waals surface area contributed by atoms with Crippen LogP contribution in [0, 0.1) is 12.8 Å². The summed E-state index contributed by atoms with van der Waals surface area (Å²) in [6, 6.07) is -0.398. The van der Waals surface area contributed by atoms with Crippen LogP contribution in [0.4, 0.5) is 0 Å². The van der Waals surface area contributed by atoms with Crippen molar-refractivity contribution in [3.8, 4) is 0 Å². The molecule has 0 bridgehead atoms. The van der Waals surface area contributed by atoms with Gasteiger partial charge >= 0.3 is 0 Å². The van der Waals surface area contributed by atoms with Crippen LogP contribution in [0.25, 0.3) is 0 Å². The number of carbonyl (C=O) groups is 1. The third-order valence-electron chi connectivity index (χ3n) is 3.42. The number of hydrogen-bond donors (Lipinski definition) is 3. The molecule has 102 valence electrons. The van der Waals surface area contributed by atoms with Crippen molar-refractivity contribution in [2.75, 3.05) is 6.54 Å². The number of nitrogens with zero attached hydrogens (tertiary/aromatic N) is 1. The van der Waals surface area contributed by atoms with Crippen LogP contribution in [0.2, 0.25) is 0 Å². The molecule has 2 atom stereocenters. The molecule has 5 nitrogen and oxygen atoms in total. The molecule has 4 N–H and O–H groups in total. The van der Waals surface area contributed by atoms with Crippen molar-refractivity contribution in [2.45, 2.75) is 46.1 Å². The number of carbonyl (C=O) groups excluding carboxylic acids is 1. The van der Waals surface area contributed by atoms with Gasteiger partial charge in [0.25, 0.3) is 0 Å². The summed E-state index contributed by atoms with van der Waals surface area (Å²) >= 11 is 0. The largest absolute Gasteiger partial charge is 0.355 e. The lowest BCUT2D eigenvalue weighted by molar-refractivity contribution is -0.123. The van der Waals surface area contributed by atoms with Gasteiger partial charge < -0.3 is 11.1 Å². The average molecular weight is 252 g/mol. The van der Waals surface area contributed by atoms with Gasteiger partial charge in [0.05, 0.1) is 12.2 Å². The van der Waals surface area contributed by atoms with Gasteiger partial charge in [-0.3, -0.25) is 9.89 Å². The fourth-order valence-corrected chi connectivity index (χ4v) is 1.75. The highest BCUT2D eigenvalue weighted by atomic mass is 16.2. The van der Waals surface area contributed by atoms with Gasteiger partial charge in [-0.1, -0.05) is 20.3 Å². The van der Waals surface area contributed by atoms with Crippen LogP contribution in [0.5, 0.6) is 0 Å². The molecule has 0 saturated heterocycles. The summed E-state index contributed by atoms with van der Waals surface area (Å²) in [5, 5.41) is 9.75. The van der Waals surface area contributed by atoms with E-state index in [-0.39, 0.29) is 11.8 Å². The normalized spacial score (nSPS) is 14.2. The molecule has 5 heteroatoms. The number of H-pyrrole nitrogens is 1. The average Bonchev–Trinajstić information content (AvgIpc) is 2.78. The molecule has 0 saturated carbocycles. The maximum absolute atomic E-state index is 11.7. The molecule has 1 amide bonds. The number of nitrogens with one attached hydrogen (secondary N) is 2. The zero-order valence-electron chi connectivity index (χ0n) is 11.5. The van der Waals surface area contributed by atoms with Gasteiger partial charge in [-0.05, 0) is 31.2 Å². The lowest BCUT2D eigenvalue weighted by Crippen LogP contribution is -2.44. The Labute approximate surface area is 109 Å². The minimum Gasteiger partial charge on any atom is -0.355 e. The van der Waals surface area contributed by atoms with Crippen molar-refractivity contribution in [2.24, 2.45) is 11.7 Å². The Kier molecular flexibility index (Phi) is 5.85. The highest BCUT2D eigenvalue weighted by molar-refractivity contribution is 5.81. The molecule has 0 fully saturated rings. The van der Waals surface area contributed by atoms with Crippen LogP contribution >= 0.6 is 0 Å². The van der Waals surface area contributed by atoms with Gasteiger partial charge in [-0.2, -0.15) is 5.10 Å². The first-order valence-electron chi connectivity index (χ1n) is 6.58. The highest BCUT2D eigenvalue weighted by Crippen LogP contribution is 2.06. The van der Waals surface area contributed by atoms with Crippen molar-refractivity contribution in [1.82, 2.24) is 15.5 Å². The molecule has 1 heterocycles. The van der Waals surface area contributed by atoms with Crippen LogP contribution in [-0.4, -0.2) is 28.7 Å².